The van der Waals surface area contributed by atoms with E-state index in [0.717, 1.165) is 5.56 Å². The van der Waals surface area contributed by atoms with E-state index in [9.17, 15) is 14.9 Å². The molecule has 0 spiro atoms. The summed E-state index contributed by atoms with van der Waals surface area (Å²) in [4.78, 5) is 29.2. The monoisotopic (exact) mass is 544 g/mol. The Morgan fingerprint density at radius 3 is 2.42 bits per heavy atom. The molecule has 0 atom stereocenters. The maximum atomic E-state index is 13.3. The molecule has 0 unspecified atom stereocenters. The van der Waals surface area contributed by atoms with Crippen LogP contribution in [0.4, 0.5) is 5.69 Å². The van der Waals surface area contributed by atoms with E-state index >= 15 is 0 Å². The fourth-order valence-corrected chi connectivity index (χ4v) is 4.22. The lowest BCUT2D eigenvalue weighted by Crippen LogP contribution is -2.20. The Labute approximate surface area is 226 Å². The van der Waals surface area contributed by atoms with Crippen molar-refractivity contribution >= 4 is 46.0 Å². The van der Waals surface area contributed by atoms with Gasteiger partial charge in [0.2, 0.25) is 5.75 Å². The van der Waals surface area contributed by atoms with Crippen LogP contribution in [0, 0.1) is 10.1 Å². The first-order valence-corrected chi connectivity index (χ1v) is 12.1. The lowest BCUT2D eigenvalue weighted by molar-refractivity contribution is -0.385. The molecule has 0 saturated heterocycles. The van der Waals surface area contributed by atoms with Crippen LogP contribution in [-0.2, 0) is 6.61 Å². The Hall–Kier alpha value is -4.53. The quantitative estimate of drug-likeness (QED) is 0.128. The van der Waals surface area contributed by atoms with Crippen molar-refractivity contribution in [1.82, 2.24) is 9.66 Å². The number of nitro groups is 1. The Balaban J connectivity index is 1.54. The lowest BCUT2D eigenvalue weighted by atomic mass is 10.2. The van der Waals surface area contributed by atoms with Gasteiger partial charge in [-0.3, -0.25) is 14.9 Å². The fourth-order valence-electron chi connectivity index (χ4n) is 3.82. The number of hydrogen-bond donors (Lipinski definition) is 0. The Morgan fingerprint density at radius 1 is 0.974 bits per heavy atom. The molecule has 0 bridgehead atoms. The summed E-state index contributed by atoms with van der Waals surface area (Å²) < 4.78 is 6.86. The summed E-state index contributed by atoms with van der Waals surface area (Å²) in [6.45, 7) is 0.0593. The predicted molar refractivity (Wildman–Crippen MR) is 148 cm³/mol. The van der Waals surface area contributed by atoms with Crippen LogP contribution in [-0.4, -0.2) is 20.8 Å². The molecule has 0 aliphatic heterocycles. The Kier molecular flexibility index (Phi) is 7.17. The molecular formula is C28H18Cl2N4O4. The van der Waals surface area contributed by atoms with Crippen molar-refractivity contribution < 1.29 is 9.66 Å². The van der Waals surface area contributed by atoms with Crippen molar-refractivity contribution in [1.29, 1.82) is 0 Å². The maximum Gasteiger partial charge on any atom is 0.313 e. The third kappa shape index (κ3) is 5.27. The molecule has 1 heterocycles. The van der Waals surface area contributed by atoms with Gasteiger partial charge in [0.15, 0.2) is 5.82 Å². The van der Waals surface area contributed by atoms with E-state index in [-0.39, 0.29) is 28.6 Å². The highest BCUT2D eigenvalue weighted by Crippen LogP contribution is 2.36. The van der Waals surface area contributed by atoms with Crippen molar-refractivity contribution in [2.45, 2.75) is 6.61 Å². The molecule has 5 aromatic rings. The summed E-state index contributed by atoms with van der Waals surface area (Å²) in [7, 11) is 0. The molecule has 5 rings (SSSR count). The van der Waals surface area contributed by atoms with Crippen molar-refractivity contribution in [2.75, 3.05) is 0 Å². The number of nitro benzene ring substituents is 1. The minimum absolute atomic E-state index is 0.0295. The summed E-state index contributed by atoms with van der Waals surface area (Å²) in [5.74, 6) is 0.257. The topological polar surface area (TPSA) is 99.6 Å². The Bertz CT molecular complexity index is 1740. The molecule has 38 heavy (non-hydrogen) atoms. The highest BCUT2D eigenvalue weighted by Gasteiger charge is 2.21. The summed E-state index contributed by atoms with van der Waals surface area (Å²) in [5, 5.41) is 17.2. The first-order chi connectivity index (χ1) is 18.4. The minimum Gasteiger partial charge on any atom is -0.481 e. The van der Waals surface area contributed by atoms with Gasteiger partial charge in [0, 0.05) is 22.2 Å². The third-order valence-corrected chi connectivity index (χ3v) is 6.18. The van der Waals surface area contributed by atoms with Gasteiger partial charge in [0.25, 0.3) is 5.56 Å². The number of benzene rings is 4. The van der Waals surface area contributed by atoms with Crippen molar-refractivity contribution in [2.24, 2.45) is 5.10 Å². The largest absolute Gasteiger partial charge is 0.481 e. The maximum absolute atomic E-state index is 13.3. The molecule has 0 aliphatic rings. The van der Waals surface area contributed by atoms with E-state index in [1.54, 1.807) is 48.5 Å². The number of fused-ring (bicyclic) bond motifs is 1. The van der Waals surface area contributed by atoms with E-state index in [1.807, 2.05) is 30.3 Å². The van der Waals surface area contributed by atoms with Crippen LogP contribution < -0.4 is 10.3 Å². The van der Waals surface area contributed by atoms with E-state index in [0.29, 0.717) is 32.9 Å². The molecule has 8 nitrogen and oxygen atoms in total. The number of nitrogens with zero attached hydrogens (tertiary/aromatic N) is 4. The van der Waals surface area contributed by atoms with Gasteiger partial charge < -0.3 is 4.74 Å². The summed E-state index contributed by atoms with van der Waals surface area (Å²) in [6.07, 6.45) is 1.33. The highest BCUT2D eigenvalue weighted by molar-refractivity contribution is 6.32. The molecule has 0 saturated carbocycles. The van der Waals surface area contributed by atoms with E-state index in [2.05, 4.69) is 10.1 Å². The predicted octanol–water partition coefficient (Wildman–Crippen LogP) is 6.74. The van der Waals surface area contributed by atoms with Crippen molar-refractivity contribution in [3.63, 3.8) is 0 Å². The summed E-state index contributed by atoms with van der Waals surface area (Å²) in [6, 6.07) is 25.8. The first kappa shape index (κ1) is 25.1. The van der Waals surface area contributed by atoms with Crippen LogP contribution >= 0.6 is 23.2 Å². The molecule has 0 N–H and O–H groups in total. The summed E-state index contributed by atoms with van der Waals surface area (Å²) in [5.41, 5.74) is 1.57. The molecule has 0 aliphatic carbocycles. The number of ether oxygens (including phenoxy) is 1. The average Bonchev–Trinajstić information content (AvgIpc) is 2.93. The average molecular weight is 545 g/mol. The standard InChI is InChI=1S/C28H18Cl2N4O4/c29-21-12-10-18(11-13-21)17-38-26-23(30)14-19(15-25(26)34(36)37)16-31-33-27(20-6-2-1-3-7-20)32-24-9-5-4-8-22(24)28(33)35/h1-16H,17H2. The Morgan fingerprint density at radius 2 is 1.68 bits per heavy atom. The van der Waals surface area contributed by atoms with Gasteiger partial charge in [0.05, 0.1) is 27.1 Å². The van der Waals surface area contributed by atoms with E-state index in [4.69, 9.17) is 27.9 Å². The van der Waals surface area contributed by atoms with E-state index < -0.39 is 4.92 Å². The van der Waals surface area contributed by atoms with Gasteiger partial charge in [-0.25, -0.2) is 4.98 Å². The number of halogens is 2. The second-order valence-electron chi connectivity index (χ2n) is 8.20. The number of para-hydroxylation sites is 1. The molecule has 0 fully saturated rings. The zero-order valence-electron chi connectivity index (χ0n) is 19.6. The van der Waals surface area contributed by atoms with Gasteiger partial charge in [-0.05, 0) is 35.9 Å². The van der Waals surface area contributed by atoms with Gasteiger partial charge in [0.1, 0.15) is 6.61 Å². The molecule has 0 amide bonds. The van der Waals surface area contributed by atoms with Crippen LogP contribution in [0.3, 0.4) is 0 Å². The van der Waals surface area contributed by atoms with Gasteiger partial charge in [-0.1, -0.05) is 77.8 Å². The smallest absolute Gasteiger partial charge is 0.313 e. The zero-order chi connectivity index (χ0) is 26.6. The van der Waals surface area contributed by atoms with E-state index in [1.165, 1.54) is 23.0 Å². The van der Waals surface area contributed by atoms with Gasteiger partial charge >= 0.3 is 5.69 Å². The fraction of sp³-hybridized carbons (Fsp3) is 0.0357. The zero-order valence-corrected chi connectivity index (χ0v) is 21.1. The molecular weight excluding hydrogens is 527 g/mol. The van der Waals surface area contributed by atoms with Crippen molar-refractivity contribution in [3.8, 4) is 17.1 Å². The highest BCUT2D eigenvalue weighted by atomic mass is 35.5. The number of aromatic nitrogens is 2. The SMILES string of the molecule is O=c1c2ccccc2nc(-c2ccccc2)n1N=Cc1cc(Cl)c(OCc2ccc(Cl)cc2)c([N+](=O)[O-])c1. The molecule has 10 heteroatoms. The van der Waals surface area contributed by atoms with Crippen molar-refractivity contribution in [3.05, 3.63) is 133 Å². The second-order valence-corrected chi connectivity index (χ2v) is 9.05. The molecule has 188 valence electrons. The van der Waals surface area contributed by atoms with Crippen LogP contribution in [0.25, 0.3) is 22.3 Å². The molecule has 0 radical (unpaired) electrons. The van der Waals surface area contributed by atoms with Gasteiger partial charge in [-0.15, -0.1) is 0 Å². The van der Waals surface area contributed by atoms with Crippen LogP contribution in [0.5, 0.6) is 5.75 Å². The van der Waals surface area contributed by atoms with Gasteiger partial charge in [-0.2, -0.15) is 9.78 Å². The third-order valence-electron chi connectivity index (χ3n) is 5.65. The number of rotatable bonds is 7. The number of hydrogen-bond acceptors (Lipinski definition) is 6. The first-order valence-electron chi connectivity index (χ1n) is 11.4. The second kappa shape index (κ2) is 10.8. The lowest BCUT2D eigenvalue weighted by Gasteiger charge is -2.11. The van der Waals surface area contributed by atoms with Crippen LogP contribution in [0.15, 0.2) is 101 Å². The molecule has 1 aromatic heterocycles. The van der Waals surface area contributed by atoms with Crippen LogP contribution in [0.1, 0.15) is 11.1 Å². The molecule has 4 aromatic carbocycles. The normalized spacial score (nSPS) is 11.2. The van der Waals surface area contributed by atoms with Crippen LogP contribution in [0.2, 0.25) is 10.0 Å². The minimum atomic E-state index is -0.584. The summed E-state index contributed by atoms with van der Waals surface area (Å²) >= 11 is 12.3.